The molecule has 2 aromatic rings. The lowest BCUT2D eigenvalue weighted by Gasteiger charge is -2.15. The molecule has 7 heteroatoms. The van der Waals surface area contributed by atoms with Crippen molar-refractivity contribution >= 4 is 11.7 Å². The maximum absolute atomic E-state index is 12.5. The number of rotatable bonds is 6. The van der Waals surface area contributed by atoms with Gasteiger partial charge in [-0.3, -0.25) is 9.48 Å². The van der Waals surface area contributed by atoms with E-state index in [1.807, 2.05) is 6.92 Å². The molecule has 0 aliphatic carbocycles. The molecule has 0 aliphatic rings. The topological polar surface area (TPSA) is 85.6 Å². The standard InChI is InChI=1S/C18H21N3O4/c1-13(12-24-3)25-16-10-14(5-4-8-22)9-15(11-16)18(23)19-17-6-7-21(2)20-17/h6-7,9-11,13,22H,8,12H2,1-3H3,(H,19,20,23)/t13-/m0/s1. The molecule has 1 amide bonds. The van der Waals surface area contributed by atoms with Crippen molar-refractivity contribution in [3.05, 3.63) is 41.6 Å². The van der Waals surface area contributed by atoms with Crippen LogP contribution in [0.5, 0.6) is 5.75 Å². The van der Waals surface area contributed by atoms with Gasteiger partial charge < -0.3 is 19.9 Å². The summed E-state index contributed by atoms with van der Waals surface area (Å²) in [5.41, 5.74) is 0.956. The molecule has 0 aliphatic heterocycles. The SMILES string of the molecule is COC[C@H](C)Oc1cc(C#CCO)cc(C(=O)Nc2ccn(C)n2)c1. The highest BCUT2D eigenvalue weighted by Crippen LogP contribution is 2.19. The van der Waals surface area contributed by atoms with Crippen molar-refractivity contribution in [3.8, 4) is 17.6 Å². The van der Waals surface area contributed by atoms with Gasteiger partial charge in [0.25, 0.3) is 5.91 Å². The molecule has 25 heavy (non-hydrogen) atoms. The summed E-state index contributed by atoms with van der Waals surface area (Å²) in [7, 11) is 3.36. The second-order valence-electron chi connectivity index (χ2n) is 5.42. The Bertz CT molecular complexity index is 789. The molecular weight excluding hydrogens is 322 g/mol. The van der Waals surface area contributed by atoms with E-state index in [0.717, 1.165) is 0 Å². The van der Waals surface area contributed by atoms with Crippen LogP contribution >= 0.6 is 0 Å². The van der Waals surface area contributed by atoms with Gasteiger partial charge in [-0.25, -0.2) is 0 Å². The number of anilines is 1. The first kappa shape index (κ1) is 18.5. The molecule has 2 rings (SSSR count). The second kappa shape index (κ2) is 8.87. The van der Waals surface area contributed by atoms with Gasteiger partial charge in [0.2, 0.25) is 0 Å². The number of carbonyl (C=O) groups is 1. The summed E-state index contributed by atoms with van der Waals surface area (Å²) in [5, 5.41) is 15.7. The Morgan fingerprint density at radius 2 is 2.24 bits per heavy atom. The largest absolute Gasteiger partial charge is 0.488 e. The number of aliphatic hydroxyl groups excluding tert-OH is 1. The predicted octanol–water partition coefficient (Wildman–Crippen LogP) is 1.43. The monoisotopic (exact) mass is 343 g/mol. The average molecular weight is 343 g/mol. The Hall–Kier alpha value is -2.82. The third-order valence-corrected chi connectivity index (χ3v) is 3.17. The first-order valence-electron chi connectivity index (χ1n) is 7.73. The second-order valence-corrected chi connectivity index (χ2v) is 5.42. The number of ether oxygens (including phenoxy) is 2. The number of amides is 1. The zero-order valence-corrected chi connectivity index (χ0v) is 14.4. The zero-order chi connectivity index (χ0) is 18.2. The van der Waals surface area contributed by atoms with Gasteiger partial charge in [-0.15, -0.1) is 0 Å². The molecule has 2 N–H and O–H groups in total. The van der Waals surface area contributed by atoms with Crippen molar-refractivity contribution < 1.29 is 19.4 Å². The van der Waals surface area contributed by atoms with Crippen molar-refractivity contribution in [1.82, 2.24) is 9.78 Å². The number of aliphatic hydroxyl groups is 1. The number of aryl methyl sites for hydroxylation is 1. The Morgan fingerprint density at radius 3 is 2.88 bits per heavy atom. The highest BCUT2D eigenvalue weighted by molar-refractivity contribution is 6.04. The molecule has 7 nitrogen and oxygen atoms in total. The summed E-state index contributed by atoms with van der Waals surface area (Å²) in [4.78, 5) is 12.5. The van der Waals surface area contributed by atoms with Crippen LogP contribution in [-0.4, -0.2) is 47.2 Å². The average Bonchev–Trinajstić information content (AvgIpc) is 2.97. The Kier molecular flexibility index (Phi) is 6.57. The molecule has 0 spiro atoms. The lowest BCUT2D eigenvalue weighted by atomic mass is 10.1. The summed E-state index contributed by atoms with van der Waals surface area (Å²) in [6.07, 6.45) is 1.55. The lowest BCUT2D eigenvalue weighted by Crippen LogP contribution is -2.19. The van der Waals surface area contributed by atoms with Gasteiger partial charge >= 0.3 is 0 Å². The molecule has 0 radical (unpaired) electrons. The number of aromatic nitrogens is 2. The van der Waals surface area contributed by atoms with Crippen LogP contribution in [0.15, 0.2) is 30.5 Å². The minimum absolute atomic E-state index is 0.183. The first-order chi connectivity index (χ1) is 12.0. The Balaban J connectivity index is 2.26. The highest BCUT2D eigenvalue weighted by Gasteiger charge is 2.12. The van der Waals surface area contributed by atoms with Gasteiger partial charge in [-0.1, -0.05) is 11.8 Å². The molecule has 0 unspecified atom stereocenters. The zero-order valence-electron chi connectivity index (χ0n) is 14.4. The number of methoxy groups -OCH3 is 1. The summed E-state index contributed by atoms with van der Waals surface area (Å²) >= 11 is 0. The summed E-state index contributed by atoms with van der Waals surface area (Å²) in [6, 6.07) is 6.68. The van der Waals surface area contributed by atoms with Gasteiger partial charge in [0.1, 0.15) is 18.5 Å². The van der Waals surface area contributed by atoms with Gasteiger partial charge in [0.15, 0.2) is 5.82 Å². The van der Waals surface area contributed by atoms with Gasteiger partial charge in [0, 0.05) is 37.5 Å². The quantitative estimate of drug-likeness (QED) is 0.775. The number of nitrogens with zero attached hydrogens (tertiary/aromatic N) is 2. The van der Waals surface area contributed by atoms with Crippen molar-refractivity contribution in [2.24, 2.45) is 7.05 Å². The van der Waals surface area contributed by atoms with E-state index in [-0.39, 0.29) is 18.6 Å². The van der Waals surface area contributed by atoms with Gasteiger partial charge in [-0.05, 0) is 25.1 Å². The maximum atomic E-state index is 12.5. The number of hydrogen-bond acceptors (Lipinski definition) is 5. The third kappa shape index (κ3) is 5.64. The van der Waals surface area contributed by atoms with E-state index < -0.39 is 0 Å². The fraction of sp³-hybridized carbons (Fsp3) is 0.333. The number of benzene rings is 1. The fourth-order valence-electron chi connectivity index (χ4n) is 2.18. The van der Waals surface area contributed by atoms with Crippen LogP contribution in [0.25, 0.3) is 0 Å². The first-order valence-corrected chi connectivity index (χ1v) is 7.73. The molecule has 0 saturated heterocycles. The van der Waals surface area contributed by atoms with E-state index in [9.17, 15) is 4.79 Å². The van der Waals surface area contributed by atoms with Crippen LogP contribution < -0.4 is 10.1 Å². The summed E-state index contributed by atoms with van der Waals surface area (Å²) in [6.45, 7) is 2.02. The molecule has 0 bridgehead atoms. The van der Waals surface area contributed by atoms with E-state index in [0.29, 0.717) is 29.3 Å². The van der Waals surface area contributed by atoms with E-state index in [1.54, 1.807) is 49.3 Å². The molecular formula is C18H21N3O4. The summed E-state index contributed by atoms with van der Waals surface area (Å²) < 4.78 is 12.4. The molecule has 1 heterocycles. The van der Waals surface area contributed by atoms with Crippen LogP contribution in [0.2, 0.25) is 0 Å². The molecule has 132 valence electrons. The highest BCUT2D eigenvalue weighted by atomic mass is 16.5. The van der Waals surface area contributed by atoms with Crippen LogP contribution in [0.3, 0.4) is 0 Å². The van der Waals surface area contributed by atoms with Crippen molar-refractivity contribution in [2.75, 3.05) is 25.6 Å². The summed E-state index contributed by atoms with van der Waals surface area (Å²) in [5.74, 6) is 5.99. The minimum Gasteiger partial charge on any atom is -0.488 e. The third-order valence-electron chi connectivity index (χ3n) is 3.17. The van der Waals surface area contributed by atoms with E-state index >= 15 is 0 Å². The van der Waals surface area contributed by atoms with Crippen molar-refractivity contribution in [3.63, 3.8) is 0 Å². The Morgan fingerprint density at radius 1 is 1.44 bits per heavy atom. The van der Waals surface area contributed by atoms with Crippen LogP contribution in [-0.2, 0) is 11.8 Å². The van der Waals surface area contributed by atoms with Gasteiger partial charge in [0.05, 0.1) is 6.61 Å². The molecule has 0 fully saturated rings. The number of hydrogen-bond donors (Lipinski definition) is 2. The van der Waals surface area contributed by atoms with Crippen LogP contribution in [0, 0.1) is 11.8 Å². The lowest BCUT2D eigenvalue weighted by molar-refractivity contribution is 0.0917. The normalized spacial score (nSPS) is 11.4. The molecule has 1 aromatic heterocycles. The Labute approximate surface area is 146 Å². The minimum atomic E-state index is -0.324. The smallest absolute Gasteiger partial charge is 0.257 e. The van der Waals surface area contributed by atoms with E-state index in [1.165, 1.54) is 0 Å². The number of nitrogens with one attached hydrogen (secondary N) is 1. The molecule has 1 aromatic carbocycles. The van der Waals surface area contributed by atoms with Crippen LogP contribution in [0.1, 0.15) is 22.8 Å². The molecule has 1 atom stereocenters. The van der Waals surface area contributed by atoms with E-state index in [2.05, 4.69) is 22.3 Å². The molecule has 0 saturated carbocycles. The van der Waals surface area contributed by atoms with Crippen molar-refractivity contribution in [2.45, 2.75) is 13.0 Å². The number of carbonyl (C=O) groups excluding carboxylic acids is 1. The fourth-order valence-corrected chi connectivity index (χ4v) is 2.18. The van der Waals surface area contributed by atoms with Crippen molar-refractivity contribution in [1.29, 1.82) is 0 Å². The maximum Gasteiger partial charge on any atom is 0.257 e. The van der Waals surface area contributed by atoms with Crippen LogP contribution in [0.4, 0.5) is 5.82 Å². The van der Waals surface area contributed by atoms with E-state index in [4.69, 9.17) is 14.6 Å². The van der Waals surface area contributed by atoms with Gasteiger partial charge in [-0.2, -0.15) is 5.10 Å². The predicted molar refractivity (Wildman–Crippen MR) is 93.5 cm³/mol.